The smallest absolute Gasteiger partial charge is 0.339 e. The molecule has 0 N–H and O–H groups in total. The van der Waals surface area contributed by atoms with Crippen LogP contribution in [0, 0.1) is 5.82 Å². The molecule has 0 spiro atoms. The Kier molecular flexibility index (Phi) is 6.03. The molecule has 1 heterocycles. The van der Waals surface area contributed by atoms with Crippen molar-refractivity contribution in [1.82, 2.24) is 10.2 Å². The van der Waals surface area contributed by atoms with Crippen LogP contribution >= 0.6 is 0 Å². The number of para-hydroxylation sites is 1. The minimum Gasteiger partial charge on any atom is -0.489 e. The summed E-state index contributed by atoms with van der Waals surface area (Å²) in [6.07, 6.45) is -0.766. The number of nitrogens with zero attached hydrogens (tertiary/aromatic N) is 2. The number of rotatable bonds is 7. The molecule has 0 aliphatic heterocycles. The van der Waals surface area contributed by atoms with E-state index in [0.29, 0.717) is 22.4 Å². The zero-order valence-electron chi connectivity index (χ0n) is 16.7. The minimum atomic E-state index is -0.766. The van der Waals surface area contributed by atoms with Gasteiger partial charge in [-0.2, -0.15) is 0 Å². The molecule has 156 valence electrons. The zero-order chi connectivity index (χ0) is 21.6. The van der Waals surface area contributed by atoms with Gasteiger partial charge in [0, 0.05) is 11.1 Å². The van der Waals surface area contributed by atoms with Gasteiger partial charge in [0.1, 0.15) is 18.2 Å². The van der Waals surface area contributed by atoms with Gasteiger partial charge in [0.2, 0.25) is 5.89 Å². The van der Waals surface area contributed by atoms with Gasteiger partial charge in [-0.15, -0.1) is 10.2 Å². The molecule has 0 unspecified atom stereocenters. The molecule has 0 saturated carbocycles. The van der Waals surface area contributed by atoms with Crippen molar-refractivity contribution in [1.29, 1.82) is 0 Å². The number of hydrogen-bond acceptors (Lipinski definition) is 6. The van der Waals surface area contributed by atoms with Crippen LogP contribution in [-0.2, 0) is 11.3 Å². The highest BCUT2D eigenvalue weighted by atomic mass is 19.1. The lowest BCUT2D eigenvalue weighted by Crippen LogP contribution is -2.12. The summed E-state index contributed by atoms with van der Waals surface area (Å²) < 4.78 is 30.0. The Morgan fingerprint density at radius 2 is 1.68 bits per heavy atom. The summed E-state index contributed by atoms with van der Waals surface area (Å²) in [6.45, 7) is 1.86. The Hall–Kier alpha value is -4.00. The van der Waals surface area contributed by atoms with Crippen LogP contribution in [0.5, 0.6) is 5.75 Å². The van der Waals surface area contributed by atoms with Gasteiger partial charge in [0.25, 0.3) is 5.89 Å². The Morgan fingerprint density at radius 3 is 2.45 bits per heavy atom. The third-order valence-corrected chi connectivity index (χ3v) is 4.54. The van der Waals surface area contributed by atoms with E-state index in [1.165, 1.54) is 24.3 Å². The predicted molar refractivity (Wildman–Crippen MR) is 111 cm³/mol. The van der Waals surface area contributed by atoms with Gasteiger partial charge in [0.15, 0.2) is 6.10 Å². The first-order valence-electron chi connectivity index (χ1n) is 9.66. The van der Waals surface area contributed by atoms with Crippen molar-refractivity contribution in [2.45, 2.75) is 19.6 Å². The fourth-order valence-corrected chi connectivity index (χ4v) is 2.91. The minimum absolute atomic E-state index is 0.144. The number of aromatic nitrogens is 2. The Morgan fingerprint density at radius 1 is 0.968 bits per heavy atom. The third kappa shape index (κ3) is 4.95. The van der Waals surface area contributed by atoms with E-state index in [1.54, 1.807) is 19.1 Å². The number of halogens is 1. The molecule has 3 aromatic carbocycles. The molecule has 6 nitrogen and oxygen atoms in total. The van der Waals surface area contributed by atoms with Gasteiger partial charge in [-0.05, 0) is 49.4 Å². The van der Waals surface area contributed by atoms with Crippen LogP contribution in [0.1, 0.15) is 34.8 Å². The predicted octanol–water partition coefficient (Wildman–Crippen LogP) is 5.37. The average molecular weight is 418 g/mol. The fraction of sp³-hybridized carbons (Fsp3) is 0.125. The summed E-state index contributed by atoms with van der Waals surface area (Å²) in [6, 6.07) is 22.1. The van der Waals surface area contributed by atoms with Crippen molar-refractivity contribution >= 4 is 5.97 Å². The van der Waals surface area contributed by atoms with Gasteiger partial charge < -0.3 is 13.9 Å². The van der Waals surface area contributed by atoms with Crippen molar-refractivity contribution in [3.8, 4) is 17.2 Å². The maximum Gasteiger partial charge on any atom is 0.339 e. The van der Waals surface area contributed by atoms with Crippen LogP contribution in [0.2, 0.25) is 0 Å². The largest absolute Gasteiger partial charge is 0.489 e. The van der Waals surface area contributed by atoms with Gasteiger partial charge in [0.05, 0.1) is 5.56 Å². The van der Waals surface area contributed by atoms with Crippen molar-refractivity contribution in [2.24, 2.45) is 0 Å². The first kappa shape index (κ1) is 20.3. The molecule has 1 atom stereocenters. The van der Waals surface area contributed by atoms with E-state index in [4.69, 9.17) is 13.9 Å². The number of carbonyl (C=O) groups is 1. The van der Waals surface area contributed by atoms with Crippen molar-refractivity contribution in [3.05, 3.63) is 102 Å². The Labute approximate surface area is 178 Å². The van der Waals surface area contributed by atoms with Crippen LogP contribution in [0.25, 0.3) is 11.5 Å². The first-order valence-corrected chi connectivity index (χ1v) is 9.66. The number of hydrogen-bond donors (Lipinski definition) is 0. The first-order chi connectivity index (χ1) is 15.1. The van der Waals surface area contributed by atoms with Crippen LogP contribution in [-0.4, -0.2) is 16.2 Å². The average Bonchev–Trinajstić information content (AvgIpc) is 3.29. The van der Waals surface area contributed by atoms with Crippen molar-refractivity contribution in [2.75, 3.05) is 0 Å². The van der Waals surface area contributed by atoms with Crippen LogP contribution in [0.4, 0.5) is 4.39 Å². The zero-order valence-corrected chi connectivity index (χ0v) is 16.7. The van der Waals surface area contributed by atoms with E-state index in [1.807, 2.05) is 42.5 Å². The lowest BCUT2D eigenvalue weighted by Gasteiger charge is -2.13. The maximum absolute atomic E-state index is 13.1. The third-order valence-electron chi connectivity index (χ3n) is 4.54. The van der Waals surface area contributed by atoms with E-state index >= 15 is 0 Å². The second-order valence-electron chi connectivity index (χ2n) is 6.76. The highest BCUT2D eigenvalue weighted by molar-refractivity contribution is 5.91. The normalized spacial score (nSPS) is 11.7. The molecule has 0 aliphatic rings. The van der Waals surface area contributed by atoms with Crippen molar-refractivity contribution < 1.29 is 23.1 Å². The number of ether oxygens (including phenoxy) is 2. The molecule has 0 amide bonds. The molecule has 0 fully saturated rings. The Bertz CT molecular complexity index is 1160. The summed E-state index contributed by atoms with van der Waals surface area (Å²) >= 11 is 0. The van der Waals surface area contributed by atoms with Gasteiger partial charge >= 0.3 is 5.97 Å². The van der Waals surface area contributed by atoms with Crippen LogP contribution < -0.4 is 4.74 Å². The molecule has 31 heavy (non-hydrogen) atoms. The SMILES string of the molecule is C[C@@H](OC(=O)c1ccccc1COc1ccccc1)c1nnc(-c2ccc(F)cc2)o1. The molecule has 7 heteroatoms. The van der Waals surface area contributed by atoms with E-state index in [2.05, 4.69) is 10.2 Å². The van der Waals surface area contributed by atoms with E-state index in [-0.39, 0.29) is 24.2 Å². The topological polar surface area (TPSA) is 74.5 Å². The highest BCUT2D eigenvalue weighted by Gasteiger charge is 2.21. The molecule has 0 bridgehead atoms. The summed E-state index contributed by atoms with van der Waals surface area (Å²) in [7, 11) is 0. The van der Waals surface area contributed by atoms with Gasteiger partial charge in [-0.3, -0.25) is 0 Å². The summed E-state index contributed by atoms with van der Waals surface area (Å²) in [4.78, 5) is 12.8. The molecule has 4 rings (SSSR count). The molecule has 0 saturated heterocycles. The molecule has 4 aromatic rings. The highest BCUT2D eigenvalue weighted by Crippen LogP contribution is 2.24. The van der Waals surface area contributed by atoms with E-state index in [9.17, 15) is 9.18 Å². The number of benzene rings is 3. The fourth-order valence-electron chi connectivity index (χ4n) is 2.91. The molecular weight excluding hydrogens is 399 g/mol. The lowest BCUT2D eigenvalue weighted by atomic mass is 10.1. The van der Waals surface area contributed by atoms with E-state index < -0.39 is 12.1 Å². The summed E-state index contributed by atoms with van der Waals surface area (Å²) in [5.41, 5.74) is 1.66. The molecular formula is C24H19FN2O4. The number of esters is 1. The van der Waals surface area contributed by atoms with E-state index in [0.717, 1.165) is 0 Å². The Balaban J connectivity index is 1.44. The second kappa shape index (κ2) is 9.21. The maximum atomic E-state index is 13.1. The monoisotopic (exact) mass is 418 g/mol. The second-order valence-corrected chi connectivity index (χ2v) is 6.76. The van der Waals surface area contributed by atoms with Crippen LogP contribution in [0.3, 0.4) is 0 Å². The van der Waals surface area contributed by atoms with Gasteiger partial charge in [-0.1, -0.05) is 36.4 Å². The molecule has 1 aromatic heterocycles. The molecule has 0 aliphatic carbocycles. The quantitative estimate of drug-likeness (QED) is 0.376. The molecule has 0 radical (unpaired) electrons. The van der Waals surface area contributed by atoms with Gasteiger partial charge in [-0.25, -0.2) is 9.18 Å². The summed E-state index contributed by atoms with van der Waals surface area (Å²) in [5.74, 6) is 0.181. The van der Waals surface area contributed by atoms with Crippen LogP contribution in [0.15, 0.2) is 83.3 Å². The summed E-state index contributed by atoms with van der Waals surface area (Å²) in [5, 5.41) is 7.90. The number of carbonyl (C=O) groups excluding carboxylic acids is 1. The lowest BCUT2D eigenvalue weighted by molar-refractivity contribution is 0.0277. The van der Waals surface area contributed by atoms with Crippen molar-refractivity contribution in [3.63, 3.8) is 0 Å². The standard InChI is InChI=1S/C24H19FN2O4/c1-16(22-26-27-23(31-22)17-11-13-19(25)14-12-17)30-24(28)21-10-6-5-7-18(21)15-29-20-8-3-2-4-9-20/h2-14,16H,15H2,1H3/t16-/m1/s1.